The van der Waals surface area contributed by atoms with Crippen LogP contribution in [0.15, 0.2) is 42.5 Å². The number of benzene rings is 2. The Morgan fingerprint density at radius 2 is 1.83 bits per heavy atom. The Balaban J connectivity index is 1.69. The minimum atomic E-state index is 0.206. The van der Waals surface area contributed by atoms with Gasteiger partial charge in [-0.05, 0) is 43.4 Å². The van der Waals surface area contributed by atoms with Gasteiger partial charge in [-0.25, -0.2) is 0 Å². The second kappa shape index (κ2) is 5.77. The van der Waals surface area contributed by atoms with Crippen LogP contribution in [0.4, 0.5) is 0 Å². The Morgan fingerprint density at radius 1 is 1.04 bits per heavy atom. The first-order valence-corrected chi connectivity index (χ1v) is 8.65. The summed E-state index contributed by atoms with van der Waals surface area (Å²) in [6.45, 7) is 7.24. The maximum Gasteiger partial charge on any atom is 0.0833 e. The minimum absolute atomic E-state index is 0.206. The molecular formula is C21H25NO. The predicted octanol–water partition coefficient (Wildman–Crippen LogP) is 4.20. The van der Waals surface area contributed by atoms with Gasteiger partial charge in [-0.3, -0.25) is 0 Å². The molecular weight excluding hydrogens is 282 g/mol. The third-order valence-electron chi connectivity index (χ3n) is 5.54. The fourth-order valence-electron chi connectivity index (χ4n) is 4.18. The molecule has 2 aromatic rings. The summed E-state index contributed by atoms with van der Waals surface area (Å²) in [5.74, 6) is 0. The van der Waals surface area contributed by atoms with Crippen LogP contribution < -0.4 is 5.32 Å². The molecule has 0 aromatic heterocycles. The molecule has 1 fully saturated rings. The number of ether oxygens (including phenoxy) is 1. The third kappa shape index (κ3) is 2.71. The summed E-state index contributed by atoms with van der Waals surface area (Å²) in [5, 5.41) is 3.65. The van der Waals surface area contributed by atoms with E-state index >= 15 is 0 Å². The number of aryl methyl sites for hydroxylation is 2. The summed E-state index contributed by atoms with van der Waals surface area (Å²) in [6.07, 6.45) is 2.39. The highest BCUT2D eigenvalue weighted by Gasteiger charge is 2.41. The Bertz CT molecular complexity index is 706. The number of hydrogen-bond donors (Lipinski definition) is 1. The molecule has 2 unspecified atom stereocenters. The third-order valence-corrected chi connectivity index (χ3v) is 5.54. The second-order valence-corrected chi connectivity index (χ2v) is 7.27. The highest BCUT2D eigenvalue weighted by molar-refractivity contribution is 5.41. The molecule has 1 spiro atoms. The van der Waals surface area contributed by atoms with Crippen LogP contribution in [0, 0.1) is 13.8 Å². The van der Waals surface area contributed by atoms with Crippen molar-refractivity contribution in [3.8, 4) is 0 Å². The van der Waals surface area contributed by atoms with Crippen LogP contribution in [-0.4, -0.2) is 13.2 Å². The Kier molecular flexibility index (Phi) is 3.74. The predicted molar refractivity (Wildman–Crippen MR) is 93.7 cm³/mol. The van der Waals surface area contributed by atoms with Crippen molar-refractivity contribution in [1.82, 2.24) is 5.32 Å². The fraction of sp³-hybridized carbons (Fsp3) is 0.429. The molecule has 0 radical (unpaired) electrons. The largest absolute Gasteiger partial charge is 0.373 e. The van der Waals surface area contributed by atoms with Gasteiger partial charge in [-0.15, -0.1) is 0 Å². The highest BCUT2D eigenvalue weighted by atomic mass is 16.5. The first-order chi connectivity index (χ1) is 11.2. The Labute approximate surface area is 138 Å². The van der Waals surface area contributed by atoms with Crippen molar-refractivity contribution in [1.29, 1.82) is 0 Å². The molecule has 2 aliphatic heterocycles. The summed E-state index contributed by atoms with van der Waals surface area (Å²) in [7, 11) is 0. The van der Waals surface area contributed by atoms with Crippen LogP contribution in [0.5, 0.6) is 0 Å². The van der Waals surface area contributed by atoms with E-state index in [0.717, 1.165) is 32.5 Å². The van der Waals surface area contributed by atoms with E-state index in [4.69, 9.17) is 4.74 Å². The van der Waals surface area contributed by atoms with Gasteiger partial charge in [-0.1, -0.05) is 53.6 Å². The lowest BCUT2D eigenvalue weighted by atomic mass is 9.68. The number of hydrogen-bond acceptors (Lipinski definition) is 2. The quantitative estimate of drug-likeness (QED) is 0.852. The maximum atomic E-state index is 6.15. The summed E-state index contributed by atoms with van der Waals surface area (Å²) < 4.78 is 6.15. The van der Waals surface area contributed by atoms with E-state index in [1.54, 1.807) is 5.56 Å². The Morgan fingerprint density at radius 3 is 2.65 bits per heavy atom. The van der Waals surface area contributed by atoms with E-state index in [1.807, 2.05) is 0 Å². The summed E-state index contributed by atoms with van der Waals surface area (Å²) in [6, 6.07) is 15.8. The summed E-state index contributed by atoms with van der Waals surface area (Å²) in [4.78, 5) is 0. The van der Waals surface area contributed by atoms with Gasteiger partial charge in [0.1, 0.15) is 0 Å². The lowest BCUT2D eigenvalue weighted by Crippen LogP contribution is -2.47. The lowest BCUT2D eigenvalue weighted by molar-refractivity contribution is -0.0247. The van der Waals surface area contributed by atoms with Gasteiger partial charge in [0.15, 0.2) is 0 Å². The maximum absolute atomic E-state index is 6.15. The van der Waals surface area contributed by atoms with E-state index in [0.29, 0.717) is 0 Å². The molecule has 2 heterocycles. The zero-order valence-electron chi connectivity index (χ0n) is 14.1. The van der Waals surface area contributed by atoms with E-state index in [-0.39, 0.29) is 11.5 Å². The van der Waals surface area contributed by atoms with Crippen LogP contribution in [0.25, 0.3) is 0 Å². The molecule has 2 heteroatoms. The number of nitrogens with one attached hydrogen (secondary N) is 1. The van der Waals surface area contributed by atoms with Crippen molar-refractivity contribution in [2.24, 2.45) is 0 Å². The molecule has 0 saturated carbocycles. The topological polar surface area (TPSA) is 21.3 Å². The average Bonchev–Trinajstić information content (AvgIpc) is 2.57. The molecule has 1 N–H and O–H groups in total. The van der Waals surface area contributed by atoms with Crippen LogP contribution in [0.2, 0.25) is 0 Å². The van der Waals surface area contributed by atoms with Crippen molar-refractivity contribution in [2.75, 3.05) is 13.2 Å². The van der Waals surface area contributed by atoms with Crippen molar-refractivity contribution in [2.45, 2.75) is 44.8 Å². The van der Waals surface area contributed by atoms with E-state index < -0.39 is 0 Å². The molecule has 2 aliphatic rings. The molecule has 23 heavy (non-hydrogen) atoms. The fourth-order valence-corrected chi connectivity index (χ4v) is 4.18. The number of rotatable bonds is 1. The van der Waals surface area contributed by atoms with Crippen molar-refractivity contribution < 1.29 is 4.74 Å². The normalized spacial score (nSPS) is 27.0. The minimum Gasteiger partial charge on any atom is -0.373 e. The van der Waals surface area contributed by atoms with E-state index in [1.165, 1.54) is 22.3 Å². The molecule has 1 saturated heterocycles. The molecule has 0 aliphatic carbocycles. The van der Waals surface area contributed by atoms with Crippen molar-refractivity contribution >= 4 is 0 Å². The molecule has 0 amide bonds. The average molecular weight is 307 g/mol. The zero-order valence-corrected chi connectivity index (χ0v) is 14.1. The second-order valence-electron chi connectivity index (χ2n) is 7.27. The van der Waals surface area contributed by atoms with Gasteiger partial charge in [0.2, 0.25) is 0 Å². The van der Waals surface area contributed by atoms with Gasteiger partial charge in [0.25, 0.3) is 0 Å². The van der Waals surface area contributed by atoms with Gasteiger partial charge < -0.3 is 10.1 Å². The molecule has 2 aromatic carbocycles. The molecule has 4 rings (SSSR count). The molecule has 2 atom stereocenters. The first kappa shape index (κ1) is 14.9. The van der Waals surface area contributed by atoms with Crippen LogP contribution in [0.1, 0.15) is 46.8 Å². The van der Waals surface area contributed by atoms with Gasteiger partial charge in [-0.2, -0.15) is 0 Å². The molecule has 0 bridgehead atoms. The standard InChI is InChI=1S/C21H25NO/c1-15-3-6-17(7-4-15)20-12-21(9-10-23-20)14-22-13-18-8-5-16(2)11-19(18)21/h3-8,11,20,22H,9-10,12-14H2,1-2H3. The monoisotopic (exact) mass is 307 g/mol. The first-order valence-electron chi connectivity index (χ1n) is 8.65. The van der Waals surface area contributed by atoms with Gasteiger partial charge in [0.05, 0.1) is 6.10 Å². The van der Waals surface area contributed by atoms with Gasteiger partial charge >= 0.3 is 0 Å². The summed E-state index contributed by atoms with van der Waals surface area (Å²) >= 11 is 0. The van der Waals surface area contributed by atoms with Crippen molar-refractivity contribution in [3.63, 3.8) is 0 Å². The lowest BCUT2D eigenvalue weighted by Gasteiger charge is -2.45. The van der Waals surface area contributed by atoms with Crippen LogP contribution >= 0.6 is 0 Å². The van der Waals surface area contributed by atoms with Gasteiger partial charge in [0, 0.05) is 25.1 Å². The zero-order chi connectivity index (χ0) is 15.9. The van der Waals surface area contributed by atoms with Crippen molar-refractivity contribution in [3.05, 3.63) is 70.3 Å². The number of fused-ring (bicyclic) bond motifs is 2. The highest BCUT2D eigenvalue weighted by Crippen LogP contribution is 2.45. The van der Waals surface area contributed by atoms with E-state index in [2.05, 4.69) is 61.6 Å². The van der Waals surface area contributed by atoms with Crippen LogP contribution in [0.3, 0.4) is 0 Å². The molecule has 120 valence electrons. The van der Waals surface area contributed by atoms with E-state index in [9.17, 15) is 0 Å². The Hall–Kier alpha value is -1.64. The SMILES string of the molecule is Cc1ccc(C2CC3(CCO2)CNCc2ccc(C)cc23)cc1. The smallest absolute Gasteiger partial charge is 0.0833 e. The van der Waals surface area contributed by atoms with Crippen LogP contribution in [-0.2, 0) is 16.7 Å². The molecule has 2 nitrogen and oxygen atoms in total. The summed E-state index contributed by atoms with van der Waals surface area (Å²) in [5.41, 5.74) is 7.22.